The van der Waals surface area contributed by atoms with Crippen molar-refractivity contribution >= 4 is 0 Å². The molecule has 0 aliphatic heterocycles. The Bertz CT molecular complexity index is 360. The molecule has 2 N–H and O–H groups in total. The Hall–Kier alpha value is -0.890. The molecule has 1 aliphatic rings. The lowest BCUT2D eigenvalue weighted by molar-refractivity contribution is 0.182. The summed E-state index contributed by atoms with van der Waals surface area (Å²) in [6, 6.07) is 6.79. The highest BCUT2D eigenvalue weighted by Crippen LogP contribution is 2.36. The summed E-state index contributed by atoms with van der Waals surface area (Å²) in [4.78, 5) is 0. The monoisotopic (exact) mass is 235 g/mol. The van der Waals surface area contributed by atoms with Gasteiger partial charge in [0.2, 0.25) is 0 Å². The molecule has 0 heterocycles. The molecule has 1 saturated carbocycles. The van der Waals surface area contributed by atoms with E-state index in [9.17, 15) is 4.39 Å². The van der Waals surface area contributed by atoms with E-state index in [1.54, 1.807) is 0 Å². The second kappa shape index (κ2) is 5.18. The van der Waals surface area contributed by atoms with Gasteiger partial charge in [-0.25, -0.2) is 4.39 Å². The molecule has 17 heavy (non-hydrogen) atoms. The van der Waals surface area contributed by atoms with E-state index >= 15 is 0 Å². The highest BCUT2D eigenvalue weighted by Gasteiger charge is 2.35. The van der Waals surface area contributed by atoms with E-state index in [0.29, 0.717) is 5.92 Å². The van der Waals surface area contributed by atoms with E-state index in [4.69, 9.17) is 5.73 Å². The molecule has 0 aromatic heterocycles. The highest BCUT2D eigenvalue weighted by atomic mass is 19.1. The molecule has 0 spiro atoms. The van der Waals surface area contributed by atoms with E-state index in [-0.39, 0.29) is 11.4 Å². The zero-order valence-electron chi connectivity index (χ0n) is 10.6. The number of nitrogens with two attached hydrogens (primary N) is 1. The zero-order chi connectivity index (χ0) is 12.3. The molecule has 2 unspecified atom stereocenters. The maximum Gasteiger partial charge on any atom is 0.123 e. The van der Waals surface area contributed by atoms with E-state index in [2.05, 4.69) is 6.92 Å². The molecule has 1 aromatic rings. The molecule has 94 valence electrons. The van der Waals surface area contributed by atoms with Crippen molar-refractivity contribution in [1.82, 2.24) is 0 Å². The predicted octanol–water partition coefficient (Wildman–Crippen LogP) is 3.67. The molecule has 2 heteroatoms. The van der Waals surface area contributed by atoms with Crippen LogP contribution in [-0.4, -0.2) is 5.54 Å². The second-order valence-electron chi connectivity index (χ2n) is 5.39. The molecular formula is C15H22FN. The van der Waals surface area contributed by atoms with Gasteiger partial charge in [0.15, 0.2) is 0 Å². The Kier molecular flexibility index (Phi) is 3.82. The Morgan fingerprint density at radius 1 is 1.29 bits per heavy atom. The van der Waals surface area contributed by atoms with Crippen molar-refractivity contribution in [3.63, 3.8) is 0 Å². The van der Waals surface area contributed by atoms with Crippen LogP contribution in [0.2, 0.25) is 0 Å². The molecule has 1 aliphatic carbocycles. The third-order valence-corrected chi connectivity index (χ3v) is 4.20. The molecule has 0 saturated heterocycles. The third kappa shape index (κ3) is 2.86. The summed E-state index contributed by atoms with van der Waals surface area (Å²) in [6.45, 7) is 2.22. The largest absolute Gasteiger partial charge is 0.325 e. The van der Waals surface area contributed by atoms with Gasteiger partial charge in [0.25, 0.3) is 0 Å². The van der Waals surface area contributed by atoms with Crippen LogP contribution >= 0.6 is 0 Å². The lowest BCUT2D eigenvalue weighted by atomic mass is 9.69. The first kappa shape index (κ1) is 12.6. The van der Waals surface area contributed by atoms with Crippen LogP contribution in [0.3, 0.4) is 0 Å². The van der Waals surface area contributed by atoms with Gasteiger partial charge in [0, 0.05) is 5.54 Å². The van der Waals surface area contributed by atoms with Gasteiger partial charge < -0.3 is 5.73 Å². The average Bonchev–Trinajstić information content (AvgIpc) is 2.32. The van der Waals surface area contributed by atoms with Crippen LogP contribution in [0.5, 0.6) is 0 Å². The smallest absolute Gasteiger partial charge is 0.123 e. The van der Waals surface area contributed by atoms with Gasteiger partial charge in [-0.05, 0) is 42.9 Å². The van der Waals surface area contributed by atoms with Gasteiger partial charge in [-0.2, -0.15) is 0 Å². The molecule has 1 aromatic carbocycles. The summed E-state index contributed by atoms with van der Waals surface area (Å²) < 4.78 is 12.9. The molecule has 0 bridgehead atoms. The van der Waals surface area contributed by atoms with Crippen LogP contribution in [0.15, 0.2) is 24.3 Å². The van der Waals surface area contributed by atoms with E-state index in [1.807, 2.05) is 12.1 Å². The van der Waals surface area contributed by atoms with Crippen LogP contribution in [0.25, 0.3) is 0 Å². The number of hydrogen-bond acceptors (Lipinski definition) is 1. The summed E-state index contributed by atoms with van der Waals surface area (Å²) in [5.74, 6) is 0.441. The van der Waals surface area contributed by atoms with Gasteiger partial charge in [-0.1, -0.05) is 38.3 Å². The first-order valence-corrected chi connectivity index (χ1v) is 6.67. The van der Waals surface area contributed by atoms with Gasteiger partial charge in [-0.3, -0.25) is 0 Å². The fourth-order valence-electron chi connectivity index (χ4n) is 3.16. The average molecular weight is 235 g/mol. The van der Waals surface area contributed by atoms with Crippen molar-refractivity contribution in [2.75, 3.05) is 0 Å². The Morgan fingerprint density at radius 2 is 2.00 bits per heavy atom. The first-order chi connectivity index (χ1) is 8.14. The summed E-state index contributed by atoms with van der Waals surface area (Å²) in [5, 5.41) is 0. The lowest BCUT2D eigenvalue weighted by Crippen LogP contribution is -2.50. The number of halogens is 1. The van der Waals surface area contributed by atoms with Crippen LogP contribution in [0.1, 0.15) is 44.6 Å². The number of hydrogen-bond donors (Lipinski definition) is 1. The number of benzene rings is 1. The van der Waals surface area contributed by atoms with Crippen molar-refractivity contribution in [1.29, 1.82) is 0 Å². The van der Waals surface area contributed by atoms with Gasteiger partial charge >= 0.3 is 0 Å². The standard InChI is InChI=1S/C15H22FN/c1-2-13-5-3-4-10-15(13,17)11-12-6-8-14(16)9-7-12/h6-9,13H,2-5,10-11,17H2,1H3. The zero-order valence-corrected chi connectivity index (χ0v) is 10.6. The maximum atomic E-state index is 12.9. The lowest BCUT2D eigenvalue weighted by Gasteiger charge is -2.41. The van der Waals surface area contributed by atoms with Gasteiger partial charge in [0.1, 0.15) is 5.82 Å². The van der Waals surface area contributed by atoms with Crippen LogP contribution in [-0.2, 0) is 6.42 Å². The quantitative estimate of drug-likeness (QED) is 0.850. The molecule has 1 fully saturated rings. The SMILES string of the molecule is CCC1CCCCC1(N)Cc1ccc(F)cc1. The second-order valence-corrected chi connectivity index (χ2v) is 5.39. The van der Waals surface area contributed by atoms with Crippen LogP contribution < -0.4 is 5.73 Å². The minimum Gasteiger partial charge on any atom is -0.325 e. The minimum absolute atomic E-state index is 0.0785. The Morgan fingerprint density at radius 3 is 2.65 bits per heavy atom. The first-order valence-electron chi connectivity index (χ1n) is 6.67. The Balaban J connectivity index is 2.11. The third-order valence-electron chi connectivity index (χ3n) is 4.20. The summed E-state index contributed by atoms with van der Waals surface area (Å²) in [7, 11) is 0. The van der Waals surface area contributed by atoms with Gasteiger partial charge in [-0.15, -0.1) is 0 Å². The van der Waals surface area contributed by atoms with Gasteiger partial charge in [0.05, 0.1) is 0 Å². The summed E-state index contributed by atoms with van der Waals surface area (Å²) in [5.41, 5.74) is 7.67. The van der Waals surface area contributed by atoms with Crippen molar-refractivity contribution in [2.45, 2.75) is 51.0 Å². The number of rotatable bonds is 3. The Labute approximate surface area is 103 Å². The van der Waals surface area contributed by atoms with Crippen molar-refractivity contribution in [3.8, 4) is 0 Å². The molecule has 0 radical (unpaired) electrons. The van der Waals surface area contributed by atoms with Crippen molar-refractivity contribution in [3.05, 3.63) is 35.6 Å². The molecule has 2 rings (SSSR count). The molecule has 1 nitrogen and oxygen atoms in total. The van der Waals surface area contributed by atoms with E-state index in [0.717, 1.165) is 24.8 Å². The highest BCUT2D eigenvalue weighted by molar-refractivity contribution is 5.19. The molecule has 2 atom stereocenters. The van der Waals surface area contributed by atoms with Crippen molar-refractivity contribution in [2.24, 2.45) is 11.7 Å². The summed E-state index contributed by atoms with van der Waals surface area (Å²) >= 11 is 0. The minimum atomic E-state index is -0.171. The van der Waals surface area contributed by atoms with Crippen LogP contribution in [0.4, 0.5) is 4.39 Å². The van der Waals surface area contributed by atoms with E-state index in [1.165, 1.54) is 31.4 Å². The van der Waals surface area contributed by atoms with Crippen molar-refractivity contribution < 1.29 is 4.39 Å². The fourth-order valence-corrected chi connectivity index (χ4v) is 3.16. The maximum absolute atomic E-state index is 12.9. The normalized spacial score (nSPS) is 29.2. The van der Waals surface area contributed by atoms with Crippen LogP contribution in [0, 0.1) is 11.7 Å². The van der Waals surface area contributed by atoms with E-state index < -0.39 is 0 Å². The molecule has 0 amide bonds. The molecular weight excluding hydrogens is 213 g/mol. The summed E-state index contributed by atoms with van der Waals surface area (Å²) in [6.07, 6.45) is 6.91. The fraction of sp³-hybridized carbons (Fsp3) is 0.600. The predicted molar refractivity (Wildman–Crippen MR) is 69.3 cm³/mol. The topological polar surface area (TPSA) is 26.0 Å².